The summed E-state index contributed by atoms with van der Waals surface area (Å²) in [5.41, 5.74) is 0.202. The van der Waals surface area contributed by atoms with Gasteiger partial charge in [-0.3, -0.25) is 4.79 Å². The Morgan fingerprint density at radius 3 is 1.89 bits per heavy atom. The Hall–Kier alpha value is -0.930. The van der Waals surface area contributed by atoms with Crippen LogP contribution >= 0.6 is 23.2 Å². The SMILES string of the molecule is CCCCC(CC)CN(CC(CC)CCCC)C(=O)c1cc(Cl)cc(Cl)c1O. The molecule has 0 saturated carbocycles. The Morgan fingerprint density at radius 1 is 0.964 bits per heavy atom. The van der Waals surface area contributed by atoms with Crippen LogP contribution in [0.4, 0.5) is 0 Å². The van der Waals surface area contributed by atoms with Gasteiger partial charge < -0.3 is 10.0 Å². The molecule has 1 amide bonds. The molecular weight excluding hydrogens is 393 g/mol. The Labute approximate surface area is 181 Å². The summed E-state index contributed by atoms with van der Waals surface area (Å²) >= 11 is 12.2. The smallest absolute Gasteiger partial charge is 0.257 e. The Morgan fingerprint density at radius 2 is 1.46 bits per heavy atom. The molecule has 1 N–H and O–H groups in total. The van der Waals surface area contributed by atoms with E-state index in [1.807, 2.05) is 4.90 Å². The van der Waals surface area contributed by atoms with E-state index in [-0.39, 0.29) is 22.2 Å². The summed E-state index contributed by atoms with van der Waals surface area (Å²) in [5, 5.41) is 10.8. The molecule has 0 heterocycles. The molecule has 0 radical (unpaired) electrons. The highest BCUT2D eigenvalue weighted by Gasteiger charge is 2.25. The van der Waals surface area contributed by atoms with Gasteiger partial charge in [-0.1, -0.05) is 89.4 Å². The maximum absolute atomic E-state index is 13.4. The van der Waals surface area contributed by atoms with Crippen LogP contribution in [0.25, 0.3) is 0 Å². The van der Waals surface area contributed by atoms with Gasteiger partial charge in [0.1, 0.15) is 5.75 Å². The van der Waals surface area contributed by atoms with Crippen LogP contribution in [0.2, 0.25) is 10.0 Å². The summed E-state index contributed by atoms with van der Waals surface area (Å²) in [6.45, 7) is 10.2. The lowest BCUT2D eigenvalue weighted by Gasteiger charge is -2.31. The van der Waals surface area contributed by atoms with Crippen LogP contribution in [0.5, 0.6) is 5.75 Å². The van der Waals surface area contributed by atoms with Crippen molar-refractivity contribution in [3.05, 3.63) is 27.7 Å². The molecule has 0 aliphatic rings. The number of phenols is 1. The van der Waals surface area contributed by atoms with Crippen LogP contribution in [0, 0.1) is 11.8 Å². The predicted octanol–water partition coefficient (Wildman–Crippen LogP) is 7.57. The van der Waals surface area contributed by atoms with Crippen molar-refractivity contribution in [2.45, 2.75) is 79.1 Å². The first-order valence-corrected chi connectivity index (χ1v) is 11.6. The minimum atomic E-state index is -0.177. The molecule has 0 spiro atoms. The maximum Gasteiger partial charge on any atom is 0.257 e. The lowest BCUT2D eigenvalue weighted by Crippen LogP contribution is -2.39. The molecule has 0 fully saturated rings. The van der Waals surface area contributed by atoms with Crippen molar-refractivity contribution in [1.29, 1.82) is 0 Å². The second kappa shape index (κ2) is 13.3. The normalized spacial score (nSPS) is 13.4. The van der Waals surface area contributed by atoms with Gasteiger partial charge in [0.25, 0.3) is 5.91 Å². The monoisotopic (exact) mass is 429 g/mol. The number of phenolic OH excluding ortho intramolecular Hbond substituents is 1. The van der Waals surface area contributed by atoms with Gasteiger partial charge in [-0.05, 0) is 36.8 Å². The average Bonchev–Trinajstić information content (AvgIpc) is 2.69. The van der Waals surface area contributed by atoms with E-state index in [1.165, 1.54) is 25.0 Å². The van der Waals surface area contributed by atoms with Gasteiger partial charge in [0, 0.05) is 18.1 Å². The molecule has 2 unspecified atom stereocenters. The zero-order valence-corrected chi connectivity index (χ0v) is 19.5. The van der Waals surface area contributed by atoms with Crippen LogP contribution in [0.15, 0.2) is 12.1 Å². The lowest BCUT2D eigenvalue weighted by atomic mass is 9.95. The van der Waals surface area contributed by atoms with Crippen molar-refractivity contribution in [2.75, 3.05) is 13.1 Å². The van der Waals surface area contributed by atoms with Crippen LogP contribution in [0.1, 0.15) is 89.4 Å². The first-order chi connectivity index (χ1) is 13.4. The quantitative estimate of drug-likeness (QED) is 0.350. The van der Waals surface area contributed by atoms with E-state index in [9.17, 15) is 9.90 Å². The maximum atomic E-state index is 13.4. The highest BCUT2D eigenvalue weighted by Crippen LogP contribution is 2.32. The van der Waals surface area contributed by atoms with Crippen molar-refractivity contribution in [3.8, 4) is 5.75 Å². The molecule has 0 bridgehead atoms. The third-order valence-corrected chi connectivity index (χ3v) is 6.10. The standard InChI is InChI=1S/C23H37Cl2NO2/c1-5-9-11-17(7-3)15-26(16-18(8-4)12-10-6-2)23(28)20-13-19(24)14-21(25)22(20)27/h13-14,17-18,27H,5-12,15-16H2,1-4H3. The highest BCUT2D eigenvalue weighted by atomic mass is 35.5. The van der Waals surface area contributed by atoms with Gasteiger partial charge in [-0.25, -0.2) is 0 Å². The average molecular weight is 430 g/mol. The molecule has 0 aliphatic heterocycles. The lowest BCUT2D eigenvalue weighted by molar-refractivity contribution is 0.0682. The van der Waals surface area contributed by atoms with E-state index in [0.29, 0.717) is 29.9 Å². The molecular formula is C23H37Cl2NO2. The van der Waals surface area contributed by atoms with Crippen LogP contribution in [-0.2, 0) is 0 Å². The number of amides is 1. The summed E-state index contributed by atoms with van der Waals surface area (Å²) in [6.07, 6.45) is 8.96. The first kappa shape index (κ1) is 25.1. The van der Waals surface area contributed by atoms with Gasteiger partial charge in [0.15, 0.2) is 0 Å². The van der Waals surface area contributed by atoms with Crippen molar-refractivity contribution in [1.82, 2.24) is 4.90 Å². The van der Waals surface area contributed by atoms with Crippen molar-refractivity contribution < 1.29 is 9.90 Å². The van der Waals surface area contributed by atoms with Gasteiger partial charge >= 0.3 is 0 Å². The van der Waals surface area contributed by atoms with Crippen LogP contribution < -0.4 is 0 Å². The molecule has 28 heavy (non-hydrogen) atoms. The van der Waals surface area contributed by atoms with Crippen LogP contribution in [-0.4, -0.2) is 29.0 Å². The van der Waals surface area contributed by atoms with Gasteiger partial charge in [-0.15, -0.1) is 0 Å². The second-order valence-corrected chi connectivity index (χ2v) is 8.67. The molecule has 0 aromatic heterocycles. The van der Waals surface area contributed by atoms with Crippen LogP contribution in [0.3, 0.4) is 0 Å². The fraction of sp³-hybridized carbons (Fsp3) is 0.696. The molecule has 0 aliphatic carbocycles. The molecule has 1 aromatic rings. The minimum Gasteiger partial charge on any atom is -0.506 e. The predicted molar refractivity (Wildman–Crippen MR) is 121 cm³/mol. The van der Waals surface area contributed by atoms with E-state index >= 15 is 0 Å². The van der Waals surface area contributed by atoms with Gasteiger partial charge in [-0.2, -0.15) is 0 Å². The number of carbonyl (C=O) groups is 1. The fourth-order valence-electron chi connectivity index (χ4n) is 3.60. The Kier molecular flexibility index (Phi) is 11.9. The number of nitrogens with zero attached hydrogens (tertiary/aromatic N) is 1. The molecule has 3 nitrogen and oxygen atoms in total. The number of benzene rings is 1. The molecule has 5 heteroatoms. The Bertz CT molecular complexity index is 589. The highest BCUT2D eigenvalue weighted by molar-refractivity contribution is 6.36. The number of unbranched alkanes of at least 4 members (excludes halogenated alkanes) is 2. The molecule has 0 saturated heterocycles. The van der Waals surface area contributed by atoms with Crippen molar-refractivity contribution in [2.24, 2.45) is 11.8 Å². The first-order valence-electron chi connectivity index (χ1n) is 10.8. The van der Waals surface area contributed by atoms with E-state index in [2.05, 4.69) is 27.7 Å². The Balaban J connectivity index is 3.11. The summed E-state index contributed by atoms with van der Waals surface area (Å²) in [5.74, 6) is 0.574. The number of carbonyl (C=O) groups excluding carboxylic acids is 1. The third-order valence-electron chi connectivity index (χ3n) is 5.59. The van der Waals surface area contributed by atoms with Crippen molar-refractivity contribution in [3.63, 3.8) is 0 Å². The van der Waals surface area contributed by atoms with E-state index in [0.717, 1.165) is 38.5 Å². The van der Waals surface area contributed by atoms with E-state index < -0.39 is 0 Å². The summed E-state index contributed by atoms with van der Waals surface area (Å²) in [4.78, 5) is 15.3. The fourth-order valence-corrected chi connectivity index (χ4v) is 4.09. The molecule has 1 aromatic carbocycles. The zero-order valence-electron chi connectivity index (χ0n) is 17.9. The number of hydrogen-bond donors (Lipinski definition) is 1. The summed E-state index contributed by atoms with van der Waals surface area (Å²) in [7, 11) is 0. The van der Waals surface area contributed by atoms with E-state index in [4.69, 9.17) is 23.2 Å². The molecule has 1 rings (SSSR count). The van der Waals surface area contributed by atoms with Crippen molar-refractivity contribution >= 4 is 29.1 Å². The van der Waals surface area contributed by atoms with Gasteiger partial charge in [0.2, 0.25) is 0 Å². The zero-order chi connectivity index (χ0) is 21.1. The largest absolute Gasteiger partial charge is 0.506 e. The topological polar surface area (TPSA) is 40.5 Å². The number of rotatable bonds is 13. The number of aromatic hydroxyl groups is 1. The van der Waals surface area contributed by atoms with Gasteiger partial charge in [0.05, 0.1) is 10.6 Å². The summed E-state index contributed by atoms with van der Waals surface area (Å²) in [6, 6.07) is 2.99. The third kappa shape index (κ3) is 7.83. The number of halogens is 2. The molecule has 160 valence electrons. The summed E-state index contributed by atoms with van der Waals surface area (Å²) < 4.78 is 0. The number of hydrogen-bond acceptors (Lipinski definition) is 2. The minimum absolute atomic E-state index is 0.117. The molecule has 2 atom stereocenters. The van der Waals surface area contributed by atoms with E-state index in [1.54, 1.807) is 0 Å². The second-order valence-electron chi connectivity index (χ2n) is 7.83.